The third kappa shape index (κ3) is 7.87. The second kappa shape index (κ2) is 11.6. The number of benzene rings is 1. The molecule has 3 N–H and O–H groups in total. The van der Waals surface area contributed by atoms with E-state index in [9.17, 15) is 19.2 Å². The molecule has 0 fully saturated rings. The van der Waals surface area contributed by atoms with E-state index in [1.54, 1.807) is 0 Å². The molecule has 0 aromatic heterocycles. The van der Waals surface area contributed by atoms with Crippen molar-refractivity contribution in [3.05, 3.63) is 35.4 Å². The summed E-state index contributed by atoms with van der Waals surface area (Å²) in [5.74, 6) is -3.94. The molecule has 0 aliphatic heterocycles. The van der Waals surface area contributed by atoms with Gasteiger partial charge in [0.25, 0.3) is 0 Å². The fourth-order valence-electron chi connectivity index (χ4n) is 1.27. The lowest BCUT2D eigenvalue weighted by Gasteiger charge is -2.06. The lowest BCUT2D eigenvalue weighted by Crippen LogP contribution is -2.17. The zero-order chi connectivity index (χ0) is 18.5. The number of aromatic carboxylic acids is 1. The number of rotatable bonds is 7. The number of carbonyl (C=O) groups excluding carboxylic acids is 3. The molecule has 0 saturated carbocycles. The Bertz CT molecular complexity index is 563. The second-order valence-corrected chi connectivity index (χ2v) is 3.77. The molecule has 0 heterocycles. The summed E-state index contributed by atoms with van der Waals surface area (Å²) in [6.07, 6.45) is -0.731. The average molecular weight is 344 g/mol. The van der Waals surface area contributed by atoms with Crippen molar-refractivity contribution in [2.24, 2.45) is 0 Å². The van der Waals surface area contributed by atoms with Crippen LogP contribution in [0.4, 0.5) is 0 Å². The number of hydrogen-bond donors (Lipinski definition) is 3. The molecule has 1 aromatic carbocycles. The first-order valence-corrected chi connectivity index (χ1v) is 6.31. The standard InChI is InChI=1S/C13H12O9.CH4O/c14-6-20-10(15)5-11(16)21-7-22-13(19)9-3-1-8(2-4-9)12(17)18;1-2/h1-4,14H,5-7H2,(H,17,18);2H,1H3. The van der Waals surface area contributed by atoms with Gasteiger partial charge in [-0.2, -0.15) is 0 Å². The molecule has 0 atom stereocenters. The highest BCUT2D eigenvalue weighted by Gasteiger charge is 2.13. The van der Waals surface area contributed by atoms with E-state index in [4.69, 9.17) is 15.3 Å². The largest absolute Gasteiger partial charge is 0.478 e. The predicted molar refractivity (Wildman–Crippen MR) is 75.7 cm³/mol. The van der Waals surface area contributed by atoms with Crippen LogP contribution in [0.15, 0.2) is 24.3 Å². The molecule has 10 nitrogen and oxygen atoms in total. The Hall–Kier alpha value is -2.98. The molecule has 10 heteroatoms. The summed E-state index contributed by atoms with van der Waals surface area (Å²) in [5.41, 5.74) is 0.0751. The maximum atomic E-state index is 11.5. The summed E-state index contributed by atoms with van der Waals surface area (Å²) in [5, 5.41) is 24.0. The highest BCUT2D eigenvalue weighted by molar-refractivity contribution is 5.93. The van der Waals surface area contributed by atoms with Crippen LogP contribution < -0.4 is 0 Å². The molecule has 1 aromatic rings. The number of aliphatic hydroxyl groups excluding tert-OH is 2. The molecule has 0 radical (unpaired) electrons. The molecule has 0 spiro atoms. The minimum Gasteiger partial charge on any atom is -0.478 e. The Labute approximate surface area is 136 Å². The van der Waals surface area contributed by atoms with Crippen molar-refractivity contribution in [1.29, 1.82) is 0 Å². The molecule has 0 saturated heterocycles. The topological polar surface area (TPSA) is 157 Å². The van der Waals surface area contributed by atoms with E-state index in [-0.39, 0.29) is 11.1 Å². The summed E-state index contributed by atoms with van der Waals surface area (Å²) in [4.78, 5) is 44.1. The zero-order valence-corrected chi connectivity index (χ0v) is 12.6. The summed E-state index contributed by atoms with van der Waals surface area (Å²) < 4.78 is 13.2. The van der Waals surface area contributed by atoms with Crippen LogP contribution in [0.3, 0.4) is 0 Å². The fraction of sp³-hybridized carbons (Fsp3) is 0.286. The molecule has 0 bridgehead atoms. The number of carboxylic acids is 1. The van der Waals surface area contributed by atoms with E-state index < -0.39 is 43.9 Å². The van der Waals surface area contributed by atoms with Crippen LogP contribution in [0.25, 0.3) is 0 Å². The van der Waals surface area contributed by atoms with Gasteiger partial charge in [-0.3, -0.25) is 9.59 Å². The Morgan fingerprint density at radius 3 is 1.88 bits per heavy atom. The first-order valence-electron chi connectivity index (χ1n) is 6.31. The summed E-state index contributed by atoms with van der Waals surface area (Å²) in [7, 11) is 1.00. The van der Waals surface area contributed by atoms with Gasteiger partial charge in [-0.1, -0.05) is 0 Å². The highest BCUT2D eigenvalue weighted by Crippen LogP contribution is 2.06. The van der Waals surface area contributed by atoms with Crippen LogP contribution in [0.2, 0.25) is 0 Å². The fourth-order valence-corrected chi connectivity index (χ4v) is 1.27. The van der Waals surface area contributed by atoms with Gasteiger partial charge in [0.15, 0.2) is 6.79 Å². The third-order valence-corrected chi connectivity index (χ3v) is 2.29. The van der Waals surface area contributed by atoms with Gasteiger partial charge in [-0.05, 0) is 24.3 Å². The van der Waals surface area contributed by atoms with Gasteiger partial charge in [0.2, 0.25) is 6.79 Å². The number of hydrogen-bond acceptors (Lipinski definition) is 9. The minimum atomic E-state index is -1.14. The van der Waals surface area contributed by atoms with E-state index in [0.717, 1.165) is 7.11 Å². The monoisotopic (exact) mass is 344 g/mol. The van der Waals surface area contributed by atoms with Crippen molar-refractivity contribution in [3.8, 4) is 0 Å². The van der Waals surface area contributed by atoms with E-state index in [2.05, 4.69) is 14.2 Å². The molecular formula is C14H16O10. The van der Waals surface area contributed by atoms with E-state index in [1.165, 1.54) is 24.3 Å². The van der Waals surface area contributed by atoms with Gasteiger partial charge in [0.1, 0.15) is 6.42 Å². The normalized spacial score (nSPS) is 9.12. The smallest absolute Gasteiger partial charge is 0.340 e. The molecule has 0 aliphatic rings. The Balaban J connectivity index is 0.00000254. The van der Waals surface area contributed by atoms with Gasteiger partial charge in [-0.15, -0.1) is 0 Å². The minimum absolute atomic E-state index is 0.00498. The molecule has 0 amide bonds. The van der Waals surface area contributed by atoms with E-state index in [0.29, 0.717) is 0 Å². The van der Waals surface area contributed by atoms with E-state index >= 15 is 0 Å². The number of carbonyl (C=O) groups is 4. The number of carboxylic acid groups (broad SMARTS) is 1. The maximum absolute atomic E-state index is 11.5. The number of esters is 3. The molecule has 0 unspecified atom stereocenters. The van der Waals surface area contributed by atoms with Crippen LogP contribution in [0.1, 0.15) is 27.1 Å². The van der Waals surface area contributed by atoms with Crippen molar-refractivity contribution in [2.75, 3.05) is 20.7 Å². The zero-order valence-electron chi connectivity index (χ0n) is 12.6. The van der Waals surface area contributed by atoms with Crippen LogP contribution >= 0.6 is 0 Å². The van der Waals surface area contributed by atoms with Crippen LogP contribution in [0, 0.1) is 0 Å². The van der Waals surface area contributed by atoms with Crippen molar-refractivity contribution >= 4 is 23.9 Å². The lowest BCUT2D eigenvalue weighted by atomic mass is 10.1. The first-order chi connectivity index (χ1) is 11.4. The maximum Gasteiger partial charge on any atom is 0.340 e. The van der Waals surface area contributed by atoms with Gasteiger partial charge in [0.05, 0.1) is 11.1 Å². The quantitative estimate of drug-likeness (QED) is 0.335. The van der Waals surface area contributed by atoms with Crippen molar-refractivity contribution in [2.45, 2.75) is 6.42 Å². The molecule has 1 rings (SSSR count). The summed E-state index contributed by atoms with van der Waals surface area (Å²) >= 11 is 0. The van der Waals surface area contributed by atoms with E-state index in [1.807, 2.05) is 0 Å². The Morgan fingerprint density at radius 2 is 1.38 bits per heavy atom. The van der Waals surface area contributed by atoms with Gasteiger partial charge in [0, 0.05) is 7.11 Å². The van der Waals surface area contributed by atoms with Crippen LogP contribution in [-0.4, -0.2) is 59.9 Å². The predicted octanol–water partition coefficient (Wildman–Crippen LogP) is -0.466. The SMILES string of the molecule is CO.O=C(CC(=O)OCOC(=O)c1ccc(C(=O)O)cc1)OCO. The summed E-state index contributed by atoms with van der Waals surface area (Å²) in [6, 6.07) is 4.92. The number of ether oxygens (including phenoxy) is 3. The second-order valence-electron chi connectivity index (χ2n) is 3.77. The lowest BCUT2D eigenvalue weighted by molar-refractivity contribution is -0.163. The molecule has 0 aliphatic carbocycles. The number of aliphatic hydroxyl groups is 2. The Morgan fingerprint density at radius 1 is 0.875 bits per heavy atom. The third-order valence-electron chi connectivity index (χ3n) is 2.29. The van der Waals surface area contributed by atoms with Gasteiger partial charge in [-0.25, -0.2) is 9.59 Å². The average Bonchev–Trinajstić information content (AvgIpc) is 2.56. The van der Waals surface area contributed by atoms with Crippen LogP contribution in [0.5, 0.6) is 0 Å². The van der Waals surface area contributed by atoms with Crippen molar-refractivity contribution in [1.82, 2.24) is 0 Å². The summed E-state index contributed by atoms with van der Waals surface area (Å²) in [6.45, 7) is -1.57. The Kier molecular flexibility index (Phi) is 10.1. The molecule has 132 valence electrons. The van der Waals surface area contributed by atoms with Gasteiger partial charge >= 0.3 is 23.9 Å². The van der Waals surface area contributed by atoms with Gasteiger partial charge < -0.3 is 29.5 Å². The van der Waals surface area contributed by atoms with Crippen molar-refractivity contribution < 1.29 is 48.7 Å². The highest BCUT2D eigenvalue weighted by atomic mass is 16.7. The molecular weight excluding hydrogens is 328 g/mol. The molecule has 24 heavy (non-hydrogen) atoms. The first kappa shape index (κ1) is 21.0. The van der Waals surface area contributed by atoms with Crippen molar-refractivity contribution in [3.63, 3.8) is 0 Å². The van der Waals surface area contributed by atoms with Crippen LogP contribution in [-0.2, 0) is 23.8 Å².